The van der Waals surface area contributed by atoms with Crippen LogP contribution in [0.3, 0.4) is 0 Å². The molecule has 0 heterocycles. The molecule has 0 bridgehead atoms. The number of aliphatic imine (C=N–C) groups is 2. The molecule has 0 N–H and O–H groups in total. The molecule has 10 heteroatoms. The Morgan fingerprint density at radius 2 is 0.750 bits per heavy atom. The van der Waals surface area contributed by atoms with E-state index < -0.39 is 23.6 Å². The summed E-state index contributed by atoms with van der Waals surface area (Å²) in [6.07, 6.45) is 33.3. The molecule has 0 aromatic heterocycles. The highest BCUT2D eigenvalue weighted by atomic mass is 19.1. The highest BCUT2D eigenvalue weighted by Crippen LogP contribution is 2.25. The first kappa shape index (κ1) is 56.8. The first-order chi connectivity index (χ1) is 35.3. The van der Waals surface area contributed by atoms with Crippen LogP contribution in [0.5, 0.6) is 23.0 Å². The molecule has 0 spiro atoms. The normalized spacial score (nSPS) is 11.4. The quantitative estimate of drug-likeness (QED) is 0.0172. The van der Waals surface area contributed by atoms with Gasteiger partial charge in [0.25, 0.3) is 0 Å². The van der Waals surface area contributed by atoms with E-state index in [0.29, 0.717) is 36.1 Å². The lowest BCUT2D eigenvalue weighted by molar-refractivity contribution is 0.0724. The maximum absolute atomic E-state index is 14.8. The van der Waals surface area contributed by atoms with E-state index in [2.05, 4.69) is 23.8 Å². The van der Waals surface area contributed by atoms with Gasteiger partial charge in [-0.15, -0.1) is 0 Å². The Labute approximate surface area is 428 Å². The molecule has 386 valence electrons. The van der Waals surface area contributed by atoms with Crippen LogP contribution in [0, 0.1) is 11.6 Å². The van der Waals surface area contributed by atoms with Gasteiger partial charge in [0, 0.05) is 12.4 Å². The van der Waals surface area contributed by atoms with Crippen molar-refractivity contribution in [3.05, 3.63) is 143 Å². The van der Waals surface area contributed by atoms with Gasteiger partial charge in [-0.1, -0.05) is 173 Å². The second-order valence-corrected chi connectivity index (χ2v) is 18.7. The summed E-state index contributed by atoms with van der Waals surface area (Å²) in [5.74, 6) is -1.66. The number of benzene rings is 5. The number of carbonyl (C=O) groups excluding carboxylic acids is 2. The molecule has 5 aromatic rings. The summed E-state index contributed by atoms with van der Waals surface area (Å²) in [6.45, 7) is 5.36. The van der Waals surface area contributed by atoms with Gasteiger partial charge < -0.3 is 18.9 Å². The first-order valence-corrected chi connectivity index (χ1v) is 27.0. The van der Waals surface area contributed by atoms with Crippen molar-refractivity contribution < 1.29 is 37.3 Å². The summed E-state index contributed by atoms with van der Waals surface area (Å²) in [4.78, 5) is 34.8. The monoisotopic (exact) mass is 985 g/mol. The summed E-state index contributed by atoms with van der Waals surface area (Å²) in [7, 11) is 0. The molecule has 0 saturated heterocycles. The number of halogens is 2. The standard InChI is InChI=1S/C62H78F2N2O6/c1-3-5-7-9-11-13-15-17-19-21-23-25-42-69-59-40-30-51(45-57(59)63)61(67)71-55-36-32-53(33-37-55)65-47-49-28-27-29-50(44-49)48-66-54-34-38-56(39-35-54)72-62(68)52-31-41-60(58(64)46-52)70-43-26-24-22-20-18-16-14-12-10-8-6-4-2/h27-41,44-48H,3-26,42-43H2,1-2H3. The van der Waals surface area contributed by atoms with Crippen molar-refractivity contribution in [1.82, 2.24) is 0 Å². The summed E-state index contributed by atoms with van der Waals surface area (Å²) in [6, 6.07) is 29.4. The number of carbonyl (C=O) groups is 2. The van der Waals surface area contributed by atoms with Gasteiger partial charge in [-0.05, 0) is 115 Å². The van der Waals surface area contributed by atoms with Gasteiger partial charge in [0.1, 0.15) is 11.5 Å². The summed E-state index contributed by atoms with van der Waals surface area (Å²) < 4.78 is 52.0. The lowest BCUT2D eigenvalue weighted by Crippen LogP contribution is -2.09. The zero-order valence-corrected chi connectivity index (χ0v) is 43.0. The Bertz CT molecular complexity index is 2220. The predicted octanol–water partition coefficient (Wildman–Crippen LogP) is 18.1. The fourth-order valence-corrected chi connectivity index (χ4v) is 8.29. The molecule has 0 saturated carbocycles. The van der Waals surface area contributed by atoms with Crippen molar-refractivity contribution in [2.75, 3.05) is 13.2 Å². The summed E-state index contributed by atoms with van der Waals surface area (Å²) in [5.41, 5.74) is 3.16. The molecular formula is C62H78F2N2O6. The van der Waals surface area contributed by atoms with Crippen molar-refractivity contribution in [3.63, 3.8) is 0 Å². The molecule has 0 aliphatic rings. The molecule has 0 unspecified atom stereocenters. The number of rotatable bonds is 36. The van der Waals surface area contributed by atoms with Gasteiger partial charge >= 0.3 is 11.9 Å². The molecular weight excluding hydrogens is 907 g/mol. The number of ether oxygens (including phenoxy) is 4. The van der Waals surface area contributed by atoms with Crippen LogP contribution in [0.1, 0.15) is 200 Å². The van der Waals surface area contributed by atoms with Gasteiger partial charge in [0.05, 0.1) is 35.7 Å². The Balaban J connectivity index is 0.968. The van der Waals surface area contributed by atoms with Crippen LogP contribution < -0.4 is 18.9 Å². The van der Waals surface area contributed by atoms with Crippen LogP contribution in [0.15, 0.2) is 119 Å². The highest BCUT2D eigenvalue weighted by molar-refractivity contribution is 5.92. The second-order valence-electron chi connectivity index (χ2n) is 18.7. The molecule has 0 radical (unpaired) electrons. The van der Waals surface area contributed by atoms with E-state index in [1.807, 2.05) is 24.3 Å². The summed E-state index contributed by atoms with van der Waals surface area (Å²) in [5, 5.41) is 0. The predicted molar refractivity (Wildman–Crippen MR) is 290 cm³/mol. The topological polar surface area (TPSA) is 95.8 Å². The average molecular weight is 985 g/mol. The molecule has 5 aromatic carbocycles. The lowest BCUT2D eigenvalue weighted by atomic mass is 10.1. The minimum atomic E-state index is -0.670. The largest absolute Gasteiger partial charge is 0.491 e. The third-order valence-corrected chi connectivity index (χ3v) is 12.6. The third kappa shape index (κ3) is 22.5. The van der Waals surface area contributed by atoms with Crippen molar-refractivity contribution in [2.45, 2.75) is 168 Å². The van der Waals surface area contributed by atoms with Crippen molar-refractivity contribution in [1.29, 1.82) is 0 Å². The maximum atomic E-state index is 14.8. The number of nitrogens with zero attached hydrogens (tertiary/aromatic N) is 2. The fourth-order valence-electron chi connectivity index (χ4n) is 8.29. The first-order valence-electron chi connectivity index (χ1n) is 27.0. The maximum Gasteiger partial charge on any atom is 0.343 e. The molecule has 8 nitrogen and oxygen atoms in total. The van der Waals surface area contributed by atoms with Crippen molar-refractivity contribution in [2.24, 2.45) is 9.98 Å². The SMILES string of the molecule is CCCCCCCCCCCCCCOc1ccc(C(=O)Oc2ccc(N=Cc3cccc(C=Nc4ccc(OC(=O)c5ccc(OCCCCCCCCCCCCCC)c(F)c5)cc4)c3)cc2)cc1F. The smallest absolute Gasteiger partial charge is 0.343 e. The second kappa shape index (κ2) is 34.2. The van der Waals surface area contributed by atoms with Crippen LogP contribution in [0.2, 0.25) is 0 Å². The van der Waals surface area contributed by atoms with Gasteiger partial charge in [-0.3, -0.25) is 9.98 Å². The average Bonchev–Trinajstić information content (AvgIpc) is 3.39. The van der Waals surface area contributed by atoms with Crippen LogP contribution in [0.4, 0.5) is 20.2 Å². The number of unbranched alkanes of at least 4 members (excludes halogenated alkanes) is 22. The molecule has 0 atom stereocenters. The van der Waals surface area contributed by atoms with Gasteiger partial charge in [0.15, 0.2) is 23.1 Å². The molecule has 72 heavy (non-hydrogen) atoms. The molecule has 0 amide bonds. The number of hydrogen-bond acceptors (Lipinski definition) is 8. The minimum Gasteiger partial charge on any atom is -0.491 e. The van der Waals surface area contributed by atoms with Crippen molar-refractivity contribution in [3.8, 4) is 23.0 Å². The van der Waals surface area contributed by atoms with Crippen LogP contribution in [-0.2, 0) is 0 Å². The van der Waals surface area contributed by atoms with Crippen molar-refractivity contribution >= 4 is 35.7 Å². The minimum absolute atomic E-state index is 0.0931. The van der Waals surface area contributed by atoms with E-state index >= 15 is 0 Å². The Kier molecular flexibility index (Phi) is 27.0. The van der Waals surface area contributed by atoms with Crippen LogP contribution in [-0.4, -0.2) is 37.6 Å². The number of hydrogen-bond donors (Lipinski definition) is 0. The van der Waals surface area contributed by atoms with E-state index in [0.717, 1.165) is 61.8 Å². The Morgan fingerprint density at radius 1 is 0.417 bits per heavy atom. The molecule has 0 aliphatic carbocycles. The van der Waals surface area contributed by atoms with E-state index in [9.17, 15) is 18.4 Å². The summed E-state index contributed by atoms with van der Waals surface area (Å²) >= 11 is 0. The van der Waals surface area contributed by atoms with Crippen LogP contribution in [0.25, 0.3) is 0 Å². The zero-order chi connectivity index (χ0) is 50.9. The van der Waals surface area contributed by atoms with E-state index in [4.69, 9.17) is 18.9 Å². The van der Waals surface area contributed by atoms with E-state index in [1.165, 1.54) is 140 Å². The third-order valence-electron chi connectivity index (χ3n) is 12.6. The van der Waals surface area contributed by atoms with E-state index in [1.54, 1.807) is 61.0 Å². The fraction of sp³-hybridized carbons (Fsp3) is 0.452. The van der Waals surface area contributed by atoms with E-state index in [-0.39, 0.29) is 22.6 Å². The van der Waals surface area contributed by atoms with Gasteiger partial charge in [0.2, 0.25) is 0 Å². The van der Waals surface area contributed by atoms with Gasteiger partial charge in [-0.2, -0.15) is 0 Å². The molecule has 0 aliphatic heterocycles. The lowest BCUT2D eigenvalue weighted by Gasteiger charge is -2.09. The molecule has 0 fully saturated rings. The zero-order valence-electron chi connectivity index (χ0n) is 43.0. The number of esters is 2. The Hall–Kier alpha value is -6.16. The Morgan fingerprint density at radius 3 is 1.08 bits per heavy atom. The van der Waals surface area contributed by atoms with Gasteiger partial charge in [-0.25, -0.2) is 18.4 Å². The van der Waals surface area contributed by atoms with Crippen LogP contribution >= 0.6 is 0 Å². The molecule has 5 rings (SSSR count). The highest BCUT2D eigenvalue weighted by Gasteiger charge is 2.15.